The van der Waals surface area contributed by atoms with Gasteiger partial charge in [0, 0.05) is 24.6 Å². The molecule has 1 atom stereocenters. The fourth-order valence-electron chi connectivity index (χ4n) is 3.32. The molecule has 0 radical (unpaired) electrons. The van der Waals surface area contributed by atoms with E-state index in [1.807, 2.05) is 30.5 Å². The number of aromatic amines is 1. The van der Waals surface area contributed by atoms with Crippen LogP contribution >= 0.6 is 24.4 Å². The number of nitrogens with zero attached hydrogens (tertiary/aromatic N) is 2. The molecule has 1 saturated heterocycles. The number of H-pyrrole nitrogens is 1. The van der Waals surface area contributed by atoms with Crippen LogP contribution in [0.4, 0.5) is 5.69 Å². The maximum atomic E-state index is 5.70. The molecule has 1 aliphatic rings. The third-order valence-electron chi connectivity index (χ3n) is 4.50. The molecule has 3 aromatic rings. The van der Waals surface area contributed by atoms with Crippen molar-refractivity contribution in [2.24, 2.45) is 0 Å². The van der Waals surface area contributed by atoms with Gasteiger partial charge < -0.3 is 19.6 Å². The highest BCUT2D eigenvalue weighted by Gasteiger charge is 2.26. The second-order valence-electron chi connectivity index (χ2n) is 6.15. The Balaban J connectivity index is 1.56. The summed E-state index contributed by atoms with van der Waals surface area (Å²) in [7, 11) is 0. The molecule has 0 saturated carbocycles. The molecule has 1 aromatic carbocycles. The summed E-state index contributed by atoms with van der Waals surface area (Å²) in [6.45, 7) is 0.946. The van der Waals surface area contributed by atoms with E-state index in [1.54, 1.807) is 6.20 Å². The van der Waals surface area contributed by atoms with Gasteiger partial charge in [0.2, 0.25) is 0 Å². The fourth-order valence-corrected chi connectivity index (χ4v) is 3.86. The van der Waals surface area contributed by atoms with E-state index in [-0.39, 0.29) is 6.04 Å². The smallest absolute Gasteiger partial charge is 0.266 e. The number of fused-ring (bicyclic) bond motifs is 1. The van der Waals surface area contributed by atoms with Crippen LogP contribution in [0.25, 0.3) is 11.1 Å². The Labute approximate surface area is 156 Å². The Morgan fingerprint density at radius 3 is 3.08 bits per heavy atom. The van der Waals surface area contributed by atoms with Gasteiger partial charge in [-0.25, -0.2) is 0 Å². The van der Waals surface area contributed by atoms with E-state index in [0.717, 1.165) is 41.3 Å². The first-order valence-electron chi connectivity index (χ1n) is 8.31. The lowest BCUT2D eigenvalue weighted by atomic mass is 9.97. The Hall–Kier alpha value is -2.25. The summed E-state index contributed by atoms with van der Waals surface area (Å²) in [6.07, 6.45) is 7.17. The average Bonchev–Trinajstić information content (AvgIpc) is 3.02. The van der Waals surface area contributed by atoms with Crippen molar-refractivity contribution in [1.82, 2.24) is 14.9 Å². The molecule has 1 aliphatic heterocycles. The molecule has 1 unspecified atom stereocenters. The second-order valence-corrected chi connectivity index (χ2v) is 6.90. The van der Waals surface area contributed by atoms with Crippen LogP contribution in [0, 0.1) is 4.84 Å². The number of thiocarbonyl (C=S) groups is 1. The van der Waals surface area contributed by atoms with Crippen molar-refractivity contribution in [3.8, 4) is 0 Å². The lowest BCUT2D eigenvalue weighted by Gasteiger charge is -2.37. The maximum Gasteiger partial charge on any atom is 0.266 e. The third kappa shape index (κ3) is 3.43. The van der Waals surface area contributed by atoms with E-state index < -0.39 is 0 Å². The van der Waals surface area contributed by atoms with E-state index in [0.29, 0.717) is 4.84 Å². The molecule has 2 aromatic heterocycles. The van der Waals surface area contributed by atoms with Crippen LogP contribution in [0.2, 0.25) is 0 Å². The van der Waals surface area contributed by atoms with Crippen molar-refractivity contribution in [3.05, 3.63) is 53.1 Å². The quantitative estimate of drug-likeness (QED) is 0.632. The number of hydrogen-bond donors (Lipinski definition) is 2. The van der Waals surface area contributed by atoms with Crippen LogP contribution < -0.4 is 5.32 Å². The molecule has 128 valence electrons. The van der Waals surface area contributed by atoms with E-state index in [4.69, 9.17) is 28.9 Å². The van der Waals surface area contributed by atoms with Gasteiger partial charge >= 0.3 is 0 Å². The largest absolute Gasteiger partial charge is 0.429 e. The van der Waals surface area contributed by atoms with Gasteiger partial charge in [0.15, 0.2) is 10.7 Å². The molecule has 0 spiro atoms. The van der Waals surface area contributed by atoms with Crippen LogP contribution in [-0.4, -0.2) is 26.5 Å². The first kappa shape index (κ1) is 16.2. The summed E-state index contributed by atoms with van der Waals surface area (Å²) in [5, 5.41) is 4.09. The Kier molecular flexibility index (Phi) is 4.50. The fraction of sp³-hybridized carbons (Fsp3) is 0.278. The molecule has 1 fully saturated rings. The standard InChI is InChI=1S/C18H18N4OS2/c24-17(20-13-6-7-16-14(10-13)21-18(25)23-16)22-9-2-1-5-15(22)12-4-3-8-19-11-12/h3-4,6-8,10-11,15H,1-2,5,9H2,(H,20,24)(H,21,25). The second kappa shape index (κ2) is 6.93. The van der Waals surface area contributed by atoms with Crippen LogP contribution in [0.5, 0.6) is 0 Å². The van der Waals surface area contributed by atoms with Gasteiger partial charge in [0.1, 0.15) is 0 Å². The van der Waals surface area contributed by atoms with Gasteiger partial charge in [0.05, 0.1) is 11.6 Å². The number of nitrogens with one attached hydrogen (secondary N) is 2. The van der Waals surface area contributed by atoms with Crippen molar-refractivity contribution in [2.45, 2.75) is 25.3 Å². The highest BCUT2D eigenvalue weighted by Crippen LogP contribution is 2.31. The SMILES string of the molecule is S=C(Nc1ccc2oc(=S)[nH]c2c1)N1CCCCC1c1cccnc1. The summed E-state index contributed by atoms with van der Waals surface area (Å²) >= 11 is 10.7. The summed E-state index contributed by atoms with van der Waals surface area (Å²) < 4.78 is 5.40. The number of pyridine rings is 1. The summed E-state index contributed by atoms with van der Waals surface area (Å²) in [4.78, 5) is 9.93. The van der Waals surface area contributed by atoms with Gasteiger partial charge in [-0.05, 0) is 73.5 Å². The third-order valence-corrected chi connectivity index (χ3v) is 5.03. The zero-order valence-electron chi connectivity index (χ0n) is 13.6. The number of benzene rings is 1. The number of hydrogen-bond acceptors (Lipinski definition) is 4. The van der Waals surface area contributed by atoms with Crippen molar-refractivity contribution < 1.29 is 4.42 Å². The molecule has 3 heterocycles. The highest BCUT2D eigenvalue weighted by molar-refractivity contribution is 7.80. The first-order valence-corrected chi connectivity index (χ1v) is 9.13. The molecular formula is C18H18N4OS2. The molecule has 25 heavy (non-hydrogen) atoms. The molecule has 5 nitrogen and oxygen atoms in total. The predicted molar refractivity (Wildman–Crippen MR) is 105 cm³/mol. The number of oxazole rings is 1. The van der Waals surface area contributed by atoms with E-state index in [9.17, 15) is 0 Å². The van der Waals surface area contributed by atoms with Crippen molar-refractivity contribution in [2.75, 3.05) is 11.9 Å². The zero-order valence-corrected chi connectivity index (χ0v) is 15.2. The number of piperidine rings is 1. The minimum absolute atomic E-state index is 0.269. The lowest BCUT2D eigenvalue weighted by Crippen LogP contribution is -2.41. The van der Waals surface area contributed by atoms with Crippen LogP contribution in [0.15, 0.2) is 47.1 Å². The van der Waals surface area contributed by atoms with Gasteiger partial charge in [-0.2, -0.15) is 0 Å². The monoisotopic (exact) mass is 370 g/mol. The number of rotatable bonds is 2. The molecule has 0 amide bonds. The summed E-state index contributed by atoms with van der Waals surface area (Å²) in [6, 6.07) is 10.2. The van der Waals surface area contributed by atoms with Gasteiger partial charge in [-0.1, -0.05) is 6.07 Å². The van der Waals surface area contributed by atoms with Crippen LogP contribution in [0.1, 0.15) is 30.9 Å². The number of aromatic nitrogens is 2. The molecule has 2 N–H and O–H groups in total. The van der Waals surface area contributed by atoms with Crippen molar-refractivity contribution >= 4 is 46.3 Å². The summed E-state index contributed by atoms with van der Waals surface area (Å²) in [5.41, 5.74) is 3.73. The van der Waals surface area contributed by atoms with Gasteiger partial charge in [-0.3, -0.25) is 4.98 Å². The van der Waals surface area contributed by atoms with Gasteiger partial charge in [-0.15, -0.1) is 0 Å². The van der Waals surface area contributed by atoms with Crippen LogP contribution in [-0.2, 0) is 0 Å². The van der Waals surface area contributed by atoms with Gasteiger partial charge in [0.25, 0.3) is 4.84 Å². The lowest BCUT2D eigenvalue weighted by molar-refractivity contribution is 0.248. The number of likely N-dealkylation sites (tertiary alicyclic amines) is 1. The normalized spacial score (nSPS) is 17.6. The van der Waals surface area contributed by atoms with E-state index in [1.165, 1.54) is 12.0 Å². The molecule has 0 bridgehead atoms. The summed E-state index contributed by atoms with van der Waals surface area (Å²) in [5.74, 6) is 0. The minimum Gasteiger partial charge on any atom is -0.429 e. The molecule has 4 rings (SSSR count). The van der Waals surface area contributed by atoms with Crippen molar-refractivity contribution in [1.29, 1.82) is 0 Å². The first-order chi connectivity index (χ1) is 12.2. The maximum absolute atomic E-state index is 5.70. The minimum atomic E-state index is 0.269. The van der Waals surface area contributed by atoms with Crippen molar-refractivity contribution in [3.63, 3.8) is 0 Å². The Bertz CT molecular complexity index is 950. The van der Waals surface area contributed by atoms with Crippen LogP contribution in [0.3, 0.4) is 0 Å². The molecular weight excluding hydrogens is 352 g/mol. The number of anilines is 1. The molecule has 7 heteroatoms. The highest BCUT2D eigenvalue weighted by atomic mass is 32.1. The molecule has 0 aliphatic carbocycles. The zero-order chi connectivity index (χ0) is 17.2. The average molecular weight is 371 g/mol. The Morgan fingerprint density at radius 2 is 2.24 bits per heavy atom. The topological polar surface area (TPSA) is 57.1 Å². The predicted octanol–water partition coefficient (Wildman–Crippen LogP) is 4.81. The Morgan fingerprint density at radius 1 is 1.32 bits per heavy atom. The van der Waals surface area contributed by atoms with E-state index in [2.05, 4.69) is 26.3 Å². The van der Waals surface area contributed by atoms with E-state index >= 15 is 0 Å².